The van der Waals surface area contributed by atoms with Gasteiger partial charge in [-0.3, -0.25) is 0 Å². The molecule has 0 bridgehead atoms. The molecule has 0 unspecified atom stereocenters. The van der Waals surface area contributed by atoms with E-state index in [4.69, 9.17) is 0 Å². The van der Waals surface area contributed by atoms with Crippen molar-refractivity contribution < 1.29 is 0 Å². The van der Waals surface area contributed by atoms with E-state index in [0.717, 1.165) is 0 Å². The molecule has 0 aliphatic rings. The van der Waals surface area contributed by atoms with E-state index in [0.29, 0.717) is 5.92 Å². The van der Waals surface area contributed by atoms with Crippen molar-refractivity contribution in [2.75, 3.05) is 0 Å². The monoisotopic (exact) mass is 266 g/mol. The molecule has 2 aromatic carbocycles. The minimum Gasteiger partial charge on any atom is -0.0653 e. The van der Waals surface area contributed by atoms with Crippen LogP contribution in [0.4, 0.5) is 0 Å². The third-order valence-corrected chi connectivity index (χ3v) is 4.09. The summed E-state index contributed by atoms with van der Waals surface area (Å²) in [6.07, 6.45) is 3.62. The van der Waals surface area contributed by atoms with Crippen LogP contribution in [0.15, 0.2) is 60.7 Å². The zero-order chi connectivity index (χ0) is 14.4. The molecular formula is C20H26. The lowest BCUT2D eigenvalue weighted by atomic mass is 9.67. The van der Waals surface area contributed by atoms with Gasteiger partial charge in [-0.2, -0.15) is 0 Å². The van der Waals surface area contributed by atoms with Crippen LogP contribution >= 0.6 is 0 Å². The highest BCUT2D eigenvalue weighted by atomic mass is 14.4. The van der Waals surface area contributed by atoms with Crippen LogP contribution in [0, 0.1) is 5.92 Å². The molecular weight excluding hydrogens is 240 g/mol. The fourth-order valence-electron chi connectivity index (χ4n) is 3.43. The zero-order valence-corrected chi connectivity index (χ0v) is 13.0. The third kappa shape index (κ3) is 3.12. The molecule has 0 saturated heterocycles. The summed E-state index contributed by atoms with van der Waals surface area (Å²) in [7, 11) is 0. The van der Waals surface area contributed by atoms with Gasteiger partial charge in [0, 0.05) is 5.41 Å². The lowest BCUT2D eigenvalue weighted by molar-refractivity contribution is 0.370. The molecule has 0 amide bonds. The smallest absolute Gasteiger partial charge is 0.0205 e. The average Bonchev–Trinajstić information content (AvgIpc) is 2.48. The summed E-state index contributed by atoms with van der Waals surface area (Å²) in [4.78, 5) is 0. The van der Waals surface area contributed by atoms with Crippen LogP contribution in [0.25, 0.3) is 0 Å². The van der Waals surface area contributed by atoms with E-state index in [1.165, 1.54) is 30.4 Å². The molecule has 106 valence electrons. The molecule has 0 aliphatic heterocycles. The van der Waals surface area contributed by atoms with Gasteiger partial charge < -0.3 is 0 Å². The summed E-state index contributed by atoms with van der Waals surface area (Å²) in [6.45, 7) is 6.95. The summed E-state index contributed by atoms with van der Waals surface area (Å²) >= 11 is 0. The molecule has 2 aromatic rings. The fourth-order valence-corrected chi connectivity index (χ4v) is 3.43. The maximum absolute atomic E-state index is 2.33. The normalized spacial score (nSPS) is 11.8. The van der Waals surface area contributed by atoms with Crippen molar-refractivity contribution in [2.45, 2.75) is 45.4 Å². The van der Waals surface area contributed by atoms with Crippen LogP contribution in [0.5, 0.6) is 0 Å². The summed E-state index contributed by atoms with van der Waals surface area (Å²) in [6, 6.07) is 22.1. The van der Waals surface area contributed by atoms with Gasteiger partial charge in [0.05, 0.1) is 0 Å². The molecule has 2 rings (SSSR count). The second-order valence-electron chi connectivity index (χ2n) is 6.16. The minimum absolute atomic E-state index is 0.158. The molecule has 0 fully saturated rings. The Morgan fingerprint density at radius 2 is 1.25 bits per heavy atom. The first-order valence-electron chi connectivity index (χ1n) is 7.80. The number of hydrogen-bond donors (Lipinski definition) is 0. The molecule has 0 atom stereocenters. The van der Waals surface area contributed by atoms with E-state index in [1.54, 1.807) is 0 Å². The number of rotatable bonds is 6. The van der Waals surface area contributed by atoms with Gasteiger partial charge in [-0.1, -0.05) is 87.9 Å². The Hall–Kier alpha value is -1.56. The molecule has 0 heterocycles. The van der Waals surface area contributed by atoms with Gasteiger partial charge in [-0.25, -0.2) is 0 Å². The Bertz CT molecular complexity index is 457. The van der Waals surface area contributed by atoms with Crippen LogP contribution in [0.3, 0.4) is 0 Å². The van der Waals surface area contributed by atoms with E-state index in [2.05, 4.69) is 81.4 Å². The average molecular weight is 266 g/mol. The molecule has 20 heavy (non-hydrogen) atoms. The van der Waals surface area contributed by atoms with Crippen LogP contribution in [0.1, 0.15) is 51.2 Å². The first-order chi connectivity index (χ1) is 9.69. The standard InChI is InChI=1S/C20H26/c1-4-15-20(16-17(2)3,18-11-7-5-8-12-18)19-13-9-6-10-14-19/h5-14,17H,4,15-16H2,1-3H3. The van der Waals surface area contributed by atoms with Crippen LogP contribution in [-0.4, -0.2) is 0 Å². The van der Waals surface area contributed by atoms with Gasteiger partial charge in [-0.15, -0.1) is 0 Å². The van der Waals surface area contributed by atoms with E-state index in [-0.39, 0.29) is 5.41 Å². The largest absolute Gasteiger partial charge is 0.0653 e. The second-order valence-corrected chi connectivity index (χ2v) is 6.16. The van der Waals surface area contributed by atoms with Gasteiger partial charge in [0.1, 0.15) is 0 Å². The first-order valence-corrected chi connectivity index (χ1v) is 7.80. The van der Waals surface area contributed by atoms with Gasteiger partial charge in [0.25, 0.3) is 0 Å². The van der Waals surface area contributed by atoms with Crippen molar-refractivity contribution in [3.63, 3.8) is 0 Å². The molecule has 0 aliphatic carbocycles. The van der Waals surface area contributed by atoms with E-state index >= 15 is 0 Å². The Morgan fingerprint density at radius 3 is 1.60 bits per heavy atom. The molecule has 0 spiro atoms. The number of hydrogen-bond acceptors (Lipinski definition) is 0. The van der Waals surface area contributed by atoms with E-state index in [1.807, 2.05) is 0 Å². The zero-order valence-electron chi connectivity index (χ0n) is 13.0. The van der Waals surface area contributed by atoms with Gasteiger partial charge in [0.15, 0.2) is 0 Å². The van der Waals surface area contributed by atoms with E-state index < -0.39 is 0 Å². The molecule has 0 nitrogen and oxygen atoms in total. The quantitative estimate of drug-likeness (QED) is 0.618. The Morgan fingerprint density at radius 1 is 0.800 bits per heavy atom. The van der Waals surface area contributed by atoms with Crippen molar-refractivity contribution in [2.24, 2.45) is 5.92 Å². The number of benzene rings is 2. The lowest BCUT2D eigenvalue weighted by Crippen LogP contribution is -2.29. The maximum atomic E-state index is 2.33. The van der Waals surface area contributed by atoms with Gasteiger partial charge in [0.2, 0.25) is 0 Å². The Labute approximate surface area is 123 Å². The highest BCUT2D eigenvalue weighted by Crippen LogP contribution is 2.41. The highest BCUT2D eigenvalue weighted by molar-refractivity contribution is 5.39. The Balaban J connectivity index is 2.56. The first kappa shape index (κ1) is 14.8. The molecule has 0 N–H and O–H groups in total. The van der Waals surface area contributed by atoms with Crippen LogP contribution < -0.4 is 0 Å². The van der Waals surface area contributed by atoms with Gasteiger partial charge in [-0.05, 0) is 29.9 Å². The maximum Gasteiger partial charge on any atom is 0.0205 e. The minimum atomic E-state index is 0.158. The summed E-state index contributed by atoms with van der Waals surface area (Å²) < 4.78 is 0. The highest BCUT2D eigenvalue weighted by Gasteiger charge is 2.33. The van der Waals surface area contributed by atoms with Crippen molar-refractivity contribution >= 4 is 0 Å². The predicted octanol–water partition coefficient (Wildman–Crippen LogP) is 5.82. The predicted molar refractivity (Wildman–Crippen MR) is 88.0 cm³/mol. The van der Waals surface area contributed by atoms with Crippen molar-refractivity contribution in [1.82, 2.24) is 0 Å². The molecule has 0 saturated carbocycles. The van der Waals surface area contributed by atoms with Crippen molar-refractivity contribution in [3.05, 3.63) is 71.8 Å². The lowest BCUT2D eigenvalue weighted by Gasteiger charge is -2.37. The van der Waals surface area contributed by atoms with Crippen molar-refractivity contribution in [3.8, 4) is 0 Å². The SMILES string of the molecule is CCCC(CC(C)C)(c1ccccc1)c1ccccc1. The molecule has 0 radical (unpaired) electrons. The topological polar surface area (TPSA) is 0 Å². The summed E-state index contributed by atoms with van der Waals surface area (Å²) in [5, 5.41) is 0. The summed E-state index contributed by atoms with van der Waals surface area (Å²) in [5.41, 5.74) is 3.08. The van der Waals surface area contributed by atoms with Crippen LogP contribution in [-0.2, 0) is 5.41 Å². The molecule has 0 aromatic heterocycles. The van der Waals surface area contributed by atoms with Gasteiger partial charge >= 0.3 is 0 Å². The second kappa shape index (κ2) is 6.74. The third-order valence-electron chi connectivity index (χ3n) is 4.09. The Kier molecular flexibility index (Phi) is 5.00. The van der Waals surface area contributed by atoms with E-state index in [9.17, 15) is 0 Å². The summed E-state index contributed by atoms with van der Waals surface area (Å²) in [5.74, 6) is 0.682. The molecule has 0 heteroatoms. The van der Waals surface area contributed by atoms with Crippen LogP contribution in [0.2, 0.25) is 0 Å². The van der Waals surface area contributed by atoms with Crippen molar-refractivity contribution in [1.29, 1.82) is 0 Å². The fraction of sp³-hybridized carbons (Fsp3) is 0.400.